The summed E-state index contributed by atoms with van der Waals surface area (Å²) in [6.07, 6.45) is 3.06. The maximum atomic E-state index is 12.3. The average molecular weight is 369 g/mol. The van der Waals surface area contributed by atoms with E-state index in [0.29, 0.717) is 10.6 Å². The number of hydrogen-bond donors (Lipinski definition) is 2. The molecule has 0 fully saturated rings. The van der Waals surface area contributed by atoms with E-state index in [0.717, 1.165) is 16.1 Å². The number of aryl methyl sites for hydroxylation is 1. The van der Waals surface area contributed by atoms with Gasteiger partial charge in [-0.05, 0) is 35.4 Å². The van der Waals surface area contributed by atoms with Crippen molar-refractivity contribution in [3.8, 4) is 10.6 Å². The molecule has 0 radical (unpaired) electrons. The van der Waals surface area contributed by atoms with Crippen LogP contribution in [0.5, 0.6) is 0 Å². The Morgan fingerprint density at radius 3 is 2.64 bits per heavy atom. The van der Waals surface area contributed by atoms with Gasteiger partial charge >= 0.3 is 0 Å². The first-order chi connectivity index (χ1) is 12.1. The van der Waals surface area contributed by atoms with Gasteiger partial charge in [0.2, 0.25) is 0 Å². The van der Waals surface area contributed by atoms with Gasteiger partial charge in [0.05, 0.1) is 5.69 Å². The summed E-state index contributed by atoms with van der Waals surface area (Å²) >= 11 is 2.84. The summed E-state index contributed by atoms with van der Waals surface area (Å²) in [6, 6.07) is 11.6. The fourth-order valence-electron chi connectivity index (χ4n) is 2.07. The fraction of sp³-hybridized carbons (Fsp3) is 0.0556. The molecule has 126 valence electrons. The largest absolute Gasteiger partial charge is 0.281 e. The van der Waals surface area contributed by atoms with Crippen LogP contribution in [0.3, 0.4) is 0 Å². The second-order valence-corrected chi connectivity index (χ2v) is 6.91. The van der Waals surface area contributed by atoms with E-state index >= 15 is 0 Å². The van der Waals surface area contributed by atoms with Crippen LogP contribution in [-0.4, -0.2) is 16.8 Å². The lowest BCUT2D eigenvalue weighted by molar-refractivity contribution is -0.117. The van der Waals surface area contributed by atoms with Crippen LogP contribution in [-0.2, 0) is 4.79 Å². The first-order valence-corrected chi connectivity index (χ1v) is 9.23. The highest BCUT2D eigenvalue weighted by molar-refractivity contribution is 7.17. The smallest absolute Gasteiger partial charge is 0.268 e. The first-order valence-electron chi connectivity index (χ1n) is 7.47. The van der Waals surface area contributed by atoms with Gasteiger partial charge < -0.3 is 0 Å². The van der Waals surface area contributed by atoms with Crippen molar-refractivity contribution in [1.29, 1.82) is 0 Å². The minimum Gasteiger partial charge on any atom is -0.268 e. The van der Waals surface area contributed by atoms with E-state index in [1.807, 2.05) is 47.2 Å². The number of aromatic nitrogens is 1. The van der Waals surface area contributed by atoms with Gasteiger partial charge in [-0.3, -0.25) is 20.4 Å². The molecule has 0 aliphatic rings. The normalized spacial score (nSPS) is 10.8. The second kappa shape index (κ2) is 7.87. The molecule has 0 unspecified atom stereocenters. The predicted octanol–water partition coefficient (Wildman–Crippen LogP) is 3.65. The number of amides is 2. The summed E-state index contributed by atoms with van der Waals surface area (Å²) in [5, 5.41) is 4.62. The van der Waals surface area contributed by atoms with Gasteiger partial charge in [-0.1, -0.05) is 30.3 Å². The number of carbonyl (C=O) groups is 2. The van der Waals surface area contributed by atoms with Crippen molar-refractivity contribution in [2.75, 3.05) is 0 Å². The molecule has 5 nitrogen and oxygen atoms in total. The Labute approximate surface area is 153 Å². The molecule has 3 aromatic rings. The van der Waals surface area contributed by atoms with Gasteiger partial charge in [0.25, 0.3) is 11.8 Å². The molecule has 1 aromatic carbocycles. The highest BCUT2D eigenvalue weighted by Crippen LogP contribution is 2.27. The van der Waals surface area contributed by atoms with Crippen molar-refractivity contribution in [2.24, 2.45) is 0 Å². The summed E-state index contributed by atoms with van der Waals surface area (Å²) in [6.45, 7) is 1.77. The minimum absolute atomic E-state index is 0.380. The van der Waals surface area contributed by atoms with Crippen molar-refractivity contribution in [3.05, 3.63) is 69.4 Å². The highest BCUT2D eigenvalue weighted by atomic mass is 32.1. The number of nitrogens with zero attached hydrogens (tertiary/aromatic N) is 1. The standard InChI is InChI=1S/C18H15N3O2S2/c1-12-16(25-18(19-12)14-5-3-2-4-6-14)17(23)21-20-15(22)8-7-13-9-10-24-11-13/h2-11H,1H3,(H,20,22)(H,21,23)/b8-7+. The quantitative estimate of drug-likeness (QED) is 0.545. The van der Waals surface area contributed by atoms with Crippen LogP contribution in [0.2, 0.25) is 0 Å². The lowest BCUT2D eigenvalue weighted by Crippen LogP contribution is -2.40. The molecule has 2 amide bonds. The monoisotopic (exact) mass is 369 g/mol. The average Bonchev–Trinajstić information content (AvgIpc) is 3.28. The SMILES string of the molecule is Cc1nc(-c2ccccc2)sc1C(=O)NNC(=O)/C=C/c1ccsc1. The molecule has 25 heavy (non-hydrogen) atoms. The summed E-state index contributed by atoms with van der Waals surface area (Å²) < 4.78 is 0. The minimum atomic E-state index is -0.398. The number of hydrogen-bond acceptors (Lipinski definition) is 5. The van der Waals surface area contributed by atoms with E-state index < -0.39 is 5.91 Å². The Morgan fingerprint density at radius 2 is 1.92 bits per heavy atom. The zero-order valence-corrected chi connectivity index (χ0v) is 15.0. The van der Waals surface area contributed by atoms with Crippen LogP contribution in [0.1, 0.15) is 20.9 Å². The Balaban J connectivity index is 1.62. The Hall–Kier alpha value is -2.77. The maximum absolute atomic E-state index is 12.3. The molecule has 0 saturated carbocycles. The number of nitrogens with one attached hydrogen (secondary N) is 2. The summed E-state index contributed by atoms with van der Waals surface area (Å²) in [5.74, 6) is -0.778. The van der Waals surface area contributed by atoms with Crippen molar-refractivity contribution in [2.45, 2.75) is 6.92 Å². The zero-order valence-electron chi connectivity index (χ0n) is 13.4. The molecule has 2 N–H and O–H groups in total. The van der Waals surface area contributed by atoms with E-state index in [1.165, 1.54) is 17.4 Å². The number of benzene rings is 1. The van der Waals surface area contributed by atoms with E-state index in [-0.39, 0.29) is 5.91 Å². The van der Waals surface area contributed by atoms with Gasteiger partial charge in [0, 0.05) is 11.6 Å². The van der Waals surface area contributed by atoms with Gasteiger partial charge in [-0.2, -0.15) is 11.3 Å². The predicted molar refractivity (Wildman–Crippen MR) is 101 cm³/mol. The van der Waals surface area contributed by atoms with Crippen LogP contribution in [0, 0.1) is 6.92 Å². The summed E-state index contributed by atoms with van der Waals surface area (Å²) in [5.41, 5.74) is 7.32. The Bertz CT molecular complexity index is 900. The van der Waals surface area contributed by atoms with Crippen LogP contribution >= 0.6 is 22.7 Å². The molecular formula is C18H15N3O2S2. The maximum Gasteiger partial charge on any atom is 0.281 e. The second-order valence-electron chi connectivity index (χ2n) is 5.13. The van der Waals surface area contributed by atoms with Crippen LogP contribution in [0.15, 0.2) is 53.2 Å². The van der Waals surface area contributed by atoms with Crippen molar-refractivity contribution >= 4 is 40.6 Å². The van der Waals surface area contributed by atoms with Gasteiger partial charge in [-0.15, -0.1) is 11.3 Å². The molecule has 0 bridgehead atoms. The lowest BCUT2D eigenvalue weighted by Gasteiger charge is -2.03. The van der Waals surface area contributed by atoms with Crippen LogP contribution < -0.4 is 10.9 Å². The Kier molecular flexibility index (Phi) is 5.37. The number of thiazole rings is 1. The number of rotatable bonds is 4. The van der Waals surface area contributed by atoms with Crippen LogP contribution in [0.4, 0.5) is 0 Å². The number of thiophene rings is 1. The topological polar surface area (TPSA) is 71.1 Å². The summed E-state index contributed by atoms with van der Waals surface area (Å²) in [7, 11) is 0. The first kappa shape index (κ1) is 17.1. The molecule has 7 heteroatoms. The lowest BCUT2D eigenvalue weighted by atomic mass is 10.2. The fourth-order valence-corrected chi connectivity index (χ4v) is 3.67. The molecule has 2 heterocycles. The zero-order chi connectivity index (χ0) is 17.6. The molecule has 0 spiro atoms. The van der Waals surface area contributed by atoms with E-state index in [1.54, 1.807) is 24.3 Å². The van der Waals surface area contributed by atoms with Crippen molar-refractivity contribution < 1.29 is 9.59 Å². The van der Waals surface area contributed by atoms with Gasteiger partial charge in [0.1, 0.15) is 9.88 Å². The van der Waals surface area contributed by atoms with Gasteiger partial charge in [-0.25, -0.2) is 4.98 Å². The summed E-state index contributed by atoms with van der Waals surface area (Å²) in [4.78, 5) is 28.9. The van der Waals surface area contributed by atoms with Crippen molar-refractivity contribution in [1.82, 2.24) is 15.8 Å². The third-order valence-corrected chi connectivity index (χ3v) is 5.20. The van der Waals surface area contributed by atoms with E-state index in [4.69, 9.17) is 0 Å². The third kappa shape index (κ3) is 4.40. The van der Waals surface area contributed by atoms with Crippen molar-refractivity contribution in [3.63, 3.8) is 0 Å². The highest BCUT2D eigenvalue weighted by Gasteiger charge is 2.16. The van der Waals surface area contributed by atoms with Gasteiger partial charge in [0.15, 0.2) is 0 Å². The molecule has 2 aromatic heterocycles. The third-order valence-electron chi connectivity index (χ3n) is 3.29. The van der Waals surface area contributed by atoms with E-state index in [2.05, 4.69) is 15.8 Å². The molecule has 0 saturated heterocycles. The number of carbonyl (C=O) groups excluding carboxylic acids is 2. The van der Waals surface area contributed by atoms with Crippen LogP contribution in [0.25, 0.3) is 16.6 Å². The van der Waals surface area contributed by atoms with E-state index in [9.17, 15) is 9.59 Å². The molecular weight excluding hydrogens is 354 g/mol. The molecule has 3 rings (SSSR count). The molecule has 0 aliphatic carbocycles. The number of hydrazine groups is 1. The molecule has 0 aliphatic heterocycles. The molecule has 0 atom stereocenters. The Morgan fingerprint density at radius 1 is 1.12 bits per heavy atom.